The van der Waals surface area contributed by atoms with E-state index in [9.17, 15) is 26.3 Å². The van der Waals surface area contributed by atoms with Gasteiger partial charge in [0.1, 0.15) is 4.88 Å². The number of hydrogen-bond donors (Lipinski definition) is 0. The monoisotopic (exact) mass is 219 g/mol. The van der Waals surface area contributed by atoms with Crippen LogP contribution >= 0.6 is 11.3 Å². The highest BCUT2D eigenvalue weighted by Crippen LogP contribution is 2.38. The molecule has 7 heteroatoms. The lowest BCUT2D eigenvalue weighted by atomic mass is 10.3. The van der Waals surface area contributed by atoms with Crippen LogP contribution in [0.3, 0.4) is 0 Å². The Morgan fingerprint density at radius 1 is 1.00 bits per heavy atom. The molecule has 0 aliphatic heterocycles. The molecule has 1 aromatic heterocycles. The minimum Gasteiger partial charge on any atom is -0.166 e. The summed E-state index contributed by atoms with van der Waals surface area (Å²) in [6, 6.07) is 1.26. The molecular weight excluding hydrogens is 218 g/mol. The van der Waals surface area contributed by atoms with Gasteiger partial charge >= 0.3 is 12.4 Å². The summed E-state index contributed by atoms with van der Waals surface area (Å²) >= 11 is -0.0172. The summed E-state index contributed by atoms with van der Waals surface area (Å²) in [5.41, 5.74) is -1.38. The van der Waals surface area contributed by atoms with Crippen molar-refractivity contribution in [3.8, 4) is 0 Å². The summed E-state index contributed by atoms with van der Waals surface area (Å²) in [5.74, 6) is 0. The fraction of sp³-hybridized carbons (Fsp3) is 0.333. The maximum Gasteiger partial charge on any atom is 0.426 e. The van der Waals surface area contributed by atoms with Gasteiger partial charge < -0.3 is 0 Å². The molecule has 0 aliphatic carbocycles. The van der Waals surface area contributed by atoms with E-state index in [4.69, 9.17) is 0 Å². The van der Waals surface area contributed by atoms with Crippen LogP contribution in [0.1, 0.15) is 10.4 Å². The third-order valence-corrected chi connectivity index (χ3v) is 2.03. The molecule has 1 rings (SSSR count). The van der Waals surface area contributed by atoms with Gasteiger partial charge in [-0.25, -0.2) is 0 Å². The van der Waals surface area contributed by atoms with Crippen LogP contribution in [0.5, 0.6) is 0 Å². The number of hydrogen-bond acceptors (Lipinski definition) is 1. The fourth-order valence-corrected chi connectivity index (χ4v) is 1.31. The molecule has 0 saturated heterocycles. The highest BCUT2D eigenvalue weighted by Gasteiger charge is 2.38. The topological polar surface area (TPSA) is 0 Å². The molecule has 0 atom stereocenters. The summed E-state index contributed by atoms with van der Waals surface area (Å²) < 4.78 is 70.8. The Morgan fingerprint density at radius 2 is 1.54 bits per heavy atom. The predicted molar refractivity (Wildman–Crippen MR) is 33.2 cm³/mol. The third kappa shape index (κ3) is 2.36. The molecule has 1 radical (unpaired) electrons. The molecule has 73 valence electrons. The highest BCUT2D eigenvalue weighted by molar-refractivity contribution is 7.10. The Balaban J connectivity index is 3.01. The third-order valence-electron chi connectivity index (χ3n) is 1.11. The maximum atomic E-state index is 11.8. The van der Waals surface area contributed by atoms with Crippen LogP contribution < -0.4 is 0 Å². The van der Waals surface area contributed by atoms with Crippen LogP contribution in [-0.4, -0.2) is 0 Å². The molecule has 0 nitrogen and oxygen atoms in total. The SMILES string of the molecule is FC(F)(F)c1[c]c(C(F)(F)F)sc1. The lowest BCUT2D eigenvalue weighted by molar-refractivity contribution is -0.140. The van der Waals surface area contributed by atoms with E-state index in [-0.39, 0.29) is 11.3 Å². The van der Waals surface area contributed by atoms with Gasteiger partial charge in [0.25, 0.3) is 0 Å². The first-order valence-electron chi connectivity index (χ1n) is 2.86. The predicted octanol–water partition coefficient (Wildman–Crippen LogP) is 3.59. The van der Waals surface area contributed by atoms with Crippen LogP contribution in [0, 0.1) is 6.07 Å². The van der Waals surface area contributed by atoms with Crippen LogP contribution in [0.25, 0.3) is 0 Å². The Morgan fingerprint density at radius 3 is 1.77 bits per heavy atom. The van der Waals surface area contributed by atoms with E-state index in [1.807, 2.05) is 0 Å². The molecule has 0 N–H and O–H groups in total. The lowest BCUT2D eigenvalue weighted by Crippen LogP contribution is -2.05. The van der Waals surface area contributed by atoms with Crippen LogP contribution in [0.15, 0.2) is 5.38 Å². The standard InChI is InChI=1S/C6HF6S/c7-5(8,9)3-1-4(13-2-3)6(10,11)12/h2H. The van der Waals surface area contributed by atoms with Gasteiger partial charge in [0.2, 0.25) is 0 Å². The van der Waals surface area contributed by atoms with Crippen LogP contribution in [0.2, 0.25) is 0 Å². The second kappa shape index (κ2) is 2.90. The molecule has 0 saturated carbocycles. The van der Waals surface area contributed by atoms with Gasteiger partial charge in [0.05, 0.1) is 5.56 Å². The molecule has 1 aromatic rings. The quantitative estimate of drug-likeness (QED) is 0.585. The molecule has 1 heterocycles. The molecule has 0 spiro atoms. The largest absolute Gasteiger partial charge is 0.426 e. The summed E-state index contributed by atoms with van der Waals surface area (Å²) in [7, 11) is 0. The average Bonchev–Trinajstić information content (AvgIpc) is 2.28. The summed E-state index contributed by atoms with van der Waals surface area (Å²) in [5, 5.41) is 0.392. The van der Waals surface area contributed by atoms with Crippen molar-refractivity contribution in [3.63, 3.8) is 0 Å². The van der Waals surface area contributed by atoms with Gasteiger partial charge in [-0.1, -0.05) is 0 Å². The van der Waals surface area contributed by atoms with Gasteiger partial charge in [0.15, 0.2) is 0 Å². The minimum atomic E-state index is -4.76. The second-order valence-corrected chi connectivity index (χ2v) is 2.98. The molecule has 0 bridgehead atoms. The number of rotatable bonds is 0. The molecule has 0 amide bonds. The Labute approximate surface area is 72.8 Å². The van der Waals surface area contributed by atoms with Crippen molar-refractivity contribution in [1.82, 2.24) is 0 Å². The van der Waals surface area contributed by atoms with Gasteiger partial charge in [0, 0.05) is 11.4 Å². The summed E-state index contributed by atoms with van der Waals surface area (Å²) in [6.07, 6.45) is -9.52. The molecule has 0 fully saturated rings. The molecular formula is C6HF6S. The first kappa shape index (κ1) is 10.4. The van der Waals surface area contributed by atoms with E-state index in [1.165, 1.54) is 6.07 Å². The van der Waals surface area contributed by atoms with Gasteiger partial charge in [-0.3, -0.25) is 0 Å². The van der Waals surface area contributed by atoms with Crippen LogP contribution in [0.4, 0.5) is 26.3 Å². The van der Waals surface area contributed by atoms with Crippen molar-refractivity contribution in [1.29, 1.82) is 0 Å². The fourth-order valence-electron chi connectivity index (χ4n) is 0.574. The Bertz CT molecular complexity index is 264. The van der Waals surface area contributed by atoms with Gasteiger partial charge in [-0.05, 0) is 0 Å². The average molecular weight is 219 g/mol. The lowest BCUT2D eigenvalue weighted by Gasteiger charge is -2.02. The highest BCUT2D eigenvalue weighted by atomic mass is 32.1. The smallest absolute Gasteiger partial charge is 0.166 e. The zero-order valence-electron chi connectivity index (χ0n) is 5.75. The van der Waals surface area contributed by atoms with E-state index >= 15 is 0 Å². The van der Waals surface area contributed by atoms with Crippen molar-refractivity contribution in [2.45, 2.75) is 12.4 Å². The first-order valence-corrected chi connectivity index (χ1v) is 3.74. The van der Waals surface area contributed by atoms with Crippen molar-refractivity contribution < 1.29 is 26.3 Å². The van der Waals surface area contributed by atoms with E-state index in [0.29, 0.717) is 5.38 Å². The van der Waals surface area contributed by atoms with E-state index in [1.54, 1.807) is 0 Å². The zero-order chi connectivity index (χ0) is 10.3. The molecule has 0 aromatic carbocycles. The zero-order valence-corrected chi connectivity index (χ0v) is 6.57. The van der Waals surface area contributed by atoms with E-state index < -0.39 is 22.8 Å². The normalized spacial score (nSPS) is 13.4. The number of alkyl halides is 6. The second-order valence-electron chi connectivity index (χ2n) is 2.10. The van der Waals surface area contributed by atoms with E-state index in [2.05, 4.69) is 0 Å². The van der Waals surface area contributed by atoms with Crippen molar-refractivity contribution in [3.05, 3.63) is 21.9 Å². The molecule has 0 aliphatic rings. The summed E-state index contributed by atoms with van der Waals surface area (Å²) in [4.78, 5) is -1.36. The van der Waals surface area contributed by atoms with Crippen molar-refractivity contribution in [2.24, 2.45) is 0 Å². The minimum absolute atomic E-state index is 0.0172. The van der Waals surface area contributed by atoms with Crippen molar-refractivity contribution in [2.75, 3.05) is 0 Å². The summed E-state index contributed by atoms with van der Waals surface area (Å²) in [6.45, 7) is 0. The van der Waals surface area contributed by atoms with Crippen molar-refractivity contribution >= 4 is 11.3 Å². The van der Waals surface area contributed by atoms with Gasteiger partial charge in [-0.15, -0.1) is 11.3 Å². The number of halogens is 6. The maximum absolute atomic E-state index is 11.8. The van der Waals surface area contributed by atoms with Crippen LogP contribution in [-0.2, 0) is 12.4 Å². The first-order chi connectivity index (χ1) is 5.71. The molecule has 13 heavy (non-hydrogen) atoms. The Kier molecular flexibility index (Phi) is 2.31. The van der Waals surface area contributed by atoms with E-state index in [0.717, 1.165) is 0 Å². The Hall–Kier alpha value is -0.720. The number of thiophene rings is 1. The molecule has 0 unspecified atom stereocenters. The van der Waals surface area contributed by atoms with Gasteiger partial charge in [-0.2, -0.15) is 26.3 Å².